The molecule has 0 saturated carbocycles. The largest absolute Gasteiger partial charge is 0.503 e. The van der Waals surface area contributed by atoms with Crippen molar-refractivity contribution in [1.29, 1.82) is 0 Å². The van der Waals surface area contributed by atoms with Gasteiger partial charge in [-0.05, 0) is 63.9 Å². The van der Waals surface area contributed by atoms with Crippen molar-refractivity contribution >= 4 is 23.0 Å². The smallest absolute Gasteiger partial charge is 0.290 e. The molecule has 2 aliphatic heterocycles. The van der Waals surface area contributed by atoms with Crippen LogP contribution in [0.2, 0.25) is 0 Å². The third kappa shape index (κ3) is 5.03. The molecule has 34 heavy (non-hydrogen) atoms. The number of likely N-dealkylation sites (tertiary alicyclic amines) is 1. The molecule has 1 atom stereocenters. The molecule has 7 nitrogen and oxygen atoms in total. The summed E-state index contributed by atoms with van der Waals surface area (Å²) in [6.45, 7) is 9.42. The van der Waals surface area contributed by atoms with Gasteiger partial charge in [0.25, 0.3) is 5.91 Å². The second kappa shape index (κ2) is 10.7. The molecule has 0 aliphatic carbocycles. The van der Waals surface area contributed by atoms with Crippen molar-refractivity contribution in [2.24, 2.45) is 0 Å². The maximum atomic E-state index is 13.7. The number of thiazole rings is 1. The van der Waals surface area contributed by atoms with Gasteiger partial charge in [0, 0.05) is 13.1 Å². The Bertz CT molecular complexity index is 1090. The predicted molar refractivity (Wildman–Crippen MR) is 133 cm³/mol. The second-order valence-corrected chi connectivity index (χ2v) is 10.2. The van der Waals surface area contributed by atoms with Gasteiger partial charge in [-0.3, -0.25) is 9.59 Å². The number of ketones is 1. The van der Waals surface area contributed by atoms with E-state index in [0.29, 0.717) is 36.0 Å². The molecule has 1 amide bonds. The van der Waals surface area contributed by atoms with Crippen LogP contribution in [0.4, 0.5) is 0 Å². The predicted octanol–water partition coefficient (Wildman–Crippen LogP) is 4.61. The minimum atomic E-state index is -0.670. The van der Waals surface area contributed by atoms with Gasteiger partial charge >= 0.3 is 0 Å². The summed E-state index contributed by atoms with van der Waals surface area (Å²) in [4.78, 5) is 35.8. The molecule has 1 N–H and O–H groups in total. The van der Waals surface area contributed by atoms with Gasteiger partial charge in [0.15, 0.2) is 5.76 Å². The van der Waals surface area contributed by atoms with E-state index in [1.807, 2.05) is 38.1 Å². The van der Waals surface area contributed by atoms with Gasteiger partial charge in [-0.25, -0.2) is 4.98 Å². The van der Waals surface area contributed by atoms with E-state index >= 15 is 0 Å². The second-order valence-electron chi connectivity index (χ2n) is 8.96. The van der Waals surface area contributed by atoms with Gasteiger partial charge in [-0.1, -0.05) is 25.5 Å². The molecule has 1 saturated heterocycles. The van der Waals surface area contributed by atoms with Crippen LogP contribution < -0.4 is 4.74 Å². The van der Waals surface area contributed by atoms with Crippen LogP contribution in [0, 0.1) is 13.8 Å². The van der Waals surface area contributed by atoms with E-state index in [1.54, 1.807) is 11.8 Å². The van der Waals surface area contributed by atoms with Crippen LogP contribution >= 0.6 is 11.3 Å². The number of aromatic nitrogens is 1. The average molecular weight is 484 g/mol. The maximum absolute atomic E-state index is 13.7. The van der Waals surface area contributed by atoms with Crippen LogP contribution in [-0.4, -0.2) is 64.4 Å². The summed E-state index contributed by atoms with van der Waals surface area (Å²) in [5, 5.41) is 11.7. The van der Waals surface area contributed by atoms with E-state index in [2.05, 4.69) is 9.88 Å². The zero-order valence-electron chi connectivity index (χ0n) is 20.2. The van der Waals surface area contributed by atoms with Crippen molar-refractivity contribution in [2.45, 2.75) is 52.5 Å². The summed E-state index contributed by atoms with van der Waals surface area (Å²) in [7, 11) is 0. The first kappa shape index (κ1) is 24.4. The highest BCUT2D eigenvalue weighted by molar-refractivity contribution is 7.14. The SMILES string of the molecule is CCCOc1cccc(C2C(C(=O)c3sc(C)nc3C)=C(O)C(=O)N2CCN2CCCCC2)c1. The van der Waals surface area contributed by atoms with Crippen LogP contribution in [-0.2, 0) is 4.79 Å². The number of ether oxygens (including phenoxy) is 1. The number of hydrogen-bond donors (Lipinski definition) is 1. The molecule has 3 heterocycles. The van der Waals surface area contributed by atoms with Crippen molar-refractivity contribution in [3.8, 4) is 5.75 Å². The zero-order valence-corrected chi connectivity index (χ0v) is 21.0. The number of nitrogens with zero attached hydrogens (tertiary/aromatic N) is 3. The van der Waals surface area contributed by atoms with Crippen molar-refractivity contribution in [2.75, 3.05) is 32.8 Å². The Kier molecular flexibility index (Phi) is 7.68. The fourth-order valence-corrected chi connectivity index (χ4v) is 5.63. The normalized spacial score (nSPS) is 19.2. The summed E-state index contributed by atoms with van der Waals surface area (Å²) in [5.41, 5.74) is 1.50. The molecule has 2 aromatic rings. The summed E-state index contributed by atoms with van der Waals surface area (Å²) >= 11 is 1.29. The Morgan fingerprint density at radius 1 is 1.21 bits per heavy atom. The lowest BCUT2D eigenvalue weighted by molar-refractivity contribution is -0.129. The topological polar surface area (TPSA) is 83.0 Å². The van der Waals surface area contributed by atoms with Gasteiger partial charge in [0.1, 0.15) is 5.75 Å². The summed E-state index contributed by atoms with van der Waals surface area (Å²) < 4.78 is 5.82. The Hall–Kier alpha value is -2.71. The fraction of sp³-hybridized carbons (Fsp3) is 0.500. The summed E-state index contributed by atoms with van der Waals surface area (Å²) in [6, 6.07) is 6.83. The van der Waals surface area contributed by atoms with E-state index in [-0.39, 0.29) is 11.4 Å². The highest BCUT2D eigenvalue weighted by Gasteiger charge is 2.44. The number of rotatable bonds is 9. The van der Waals surface area contributed by atoms with Crippen LogP contribution in [0.3, 0.4) is 0 Å². The number of carbonyl (C=O) groups is 2. The molecule has 0 radical (unpaired) electrons. The van der Waals surface area contributed by atoms with E-state index in [9.17, 15) is 14.7 Å². The number of aryl methyl sites for hydroxylation is 2. The standard InChI is InChI=1S/C26H33N3O4S/c1-4-15-33-20-10-8-9-19(16-20)22-21(23(30)25-17(2)27-18(3)34-25)24(31)26(32)29(22)14-13-28-11-6-5-7-12-28/h8-10,16,22,31H,4-7,11-15H2,1-3H3. The molecule has 1 aromatic heterocycles. The quantitative estimate of drug-likeness (QED) is 0.525. The van der Waals surface area contributed by atoms with Crippen LogP contribution in [0.1, 0.15) is 64.6 Å². The lowest BCUT2D eigenvalue weighted by atomic mass is 9.95. The van der Waals surface area contributed by atoms with Crippen molar-refractivity contribution in [3.63, 3.8) is 0 Å². The van der Waals surface area contributed by atoms with Crippen molar-refractivity contribution in [1.82, 2.24) is 14.8 Å². The monoisotopic (exact) mass is 483 g/mol. The van der Waals surface area contributed by atoms with E-state index in [4.69, 9.17) is 4.74 Å². The molecule has 2 aliphatic rings. The minimum absolute atomic E-state index is 0.128. The van der Waals surface area contributed by atoms with Gasteiger partial charge in [-0.15, -0.1) is 11.3 Å². The number of hydrogen-bond acceptors (Lipinski definition) is 7. The number of benzene rings is 1. The molecule has 0 bridgehead atoms. The third-order valence-electron chi connectivity index (χ3n) is 6.41. The molecular formula is C26H33N3O4S. The summed E-state index contributed by atoms with van der Waals surface area (Å²) in [6.07, 6.45) is 4.43. The minimum Gasteiger partial charge on any atom is -0.503 e. The molecule has 1 aromatic carbocycles. The number of aliphatic hydroxyl groups excluding tert-OH is 1. The van der Waals surface area contributed by atoms with Crippen LogP contribution in [0.15, 0.2) is 35.6 Å². The van der Waals surface area contributed by atoms with Crippen LogP contribution in [0.5, 0.6) is 5.75 Å². The van der Waals surface area contributed by atoms with Crippen molar-refractivity contribution < 1.29 is 19.4 Å². The number of aliphatic hydroxyl groups is 1. The molecule has 1 unspecified atom stereocenters. The molecule has 4 rings (SSSR count). The first-order valence-corrected chi connectivity index (χ1v) is 12.9. The van der Waals surface area contributed by atoms with Gasteiger partial charge < -0.3 is 19.6 Å². The number of carbonyl (C=O) groups excluding carboxylic acids is 2. The van der Waals surface area contributed by atoms with Crippen molar-refractivity contribution in [3.05, 3.63) is 56.7 Å². The van der Waals surface area contributed by atoms with Gasteiger partial charge in [0.2, 0.25) is 5.78 Å². The highest BCUT2D eigenvalue weighted by Crippen LogP contribution is 2.40. The van der Waals surface area contributed by atoms with E-state index < -0.39 is 17.7 Å². The lowest BCUT2D eigenvalue weighted by Gasteiger charge is -2.31. The maximum Gasteiger partial charge on any atom is 0.290 e. The Labute approximate surface area is 205 Å². The van der Waals surface area contributed by atoms with Crippen LogP contribution in [0.25, 0.3) is 0 Å². The number of piperidine rings is 1. The van der Waals surface area contributed by atoms with E-state index in [1.165, 1.54) is 17.8 Å². The highest BCUT2D eigenvalue weighted by atomic mass is 32.1. The molecule has 8 heteroatoms. The molecular weight excluding hydrogens is 450 g/mol. The Morgan fingerprint density at radius 2 is 1.97 bits per heavy atom. The first-order chi connectivity index (χ1) is 16.4. The molecule has 0 spiro atoms. The fourth-order valence-electron chi connectivity index (χ4n) is 4.75. The van der Waals surface area contributed by atoms with Gasteiger partial charge in [0.05, 0.1) is 33.8 Å². The zero-order chi connectivity index (χ0) is 24.2. The number of amides is 1. The average Bonchev–Trinajstić information content (AvgIpc) is 3.31. The molecule has 182 valence electrons. The Morgan fingerprint density at radius 3 is 2.65 bits per heavy atom. The first-order valence-electron chi connectivity index (χ1n) is 12.1. The van der Waals surface area contributed by atoms with Gasteiger partial charge in [-0.2, -0.15) is 0 Å². The lowest BCUT2D eigenvalue weighted by Crippen LogP contribution is -2.40. The Balaban J connectivity index is 1.70. The number of Topliss-reactive ketones (excluding diaryl/α,β-unsaturated/α-hetero) is 1. The van der Waals surface area contributed by atoms with E-state index in [0.717, 1.165) is 42.9 Å². The third-order valence-corrected chi connectivity index (χ3v) is 7.48. The molecule has 1 fully saturated rings. The summed E-state index contributed by atoms with van der Waals surface area (Å²) in [5.74, 6) is -0.604.